The SMILES string of the molecule is CC(C)N(C(C)C)P(OCCC#N)O[C@@H]1C[C@H](n2cnc3c(NC(=O)c4ccccc4)ncnc32)O[C@H]1CO. The standard InChI is InChI=1S/C26H34N7O5P/c1-17(2)33(18(3)4)39(36-12-8-11-27)38-20-13-22(37-21(20)14-34)32-16-30-23-24(28-15-29-25(23)32)31-26(35)19-9-6-5-7-10-19/h5-7,9-10,15-18,20-22,34H,8,12-14H2,1-4H3,(H,28,29,31,35)/t20-,21+,22-,39?/m1/s1. The second-order valence-corrected chi connectivity index (χ2v) is 11.0. The number of benzene rings is 1. The maximum absolute atomic E-state index is 12.7. The summed E-state index contributed by atoms with van der Waals surface area (Å²) in [6.07, 6.45) is 2.02. The highest BCUT2D eigenvalue weighted by molar-refractivity contribution is 7.44. The maximum Gasteiger partial charge on any atom is 0.259 e. The highest BCUT2D eigenvalue weighted by Gasteiger charge is 2.41. The van der Waals surface area contributed by atoms with Gasteiger partial charge in [-0.15, -0.1) is 0 Å². The Morgan fingerprint density at radius 2 is 2.00 bits per heavy atom. The van der Waals surface area contributed by atoms with Crippen LogP contribution in [0.3, 0.4) is 0 Å². The number of rotatable bonds is 12. The number of ether oxygens (including phenoxy) is 1. The first kappa shape index (κ1) is 29.0. The number of nitrogens with zero attached hydrogens (tertiary/aromatic N) is 6. The highest BCUT2D eigenvalue weighted by atomic mass is 31.2. The average molecular weight is 556 g/mol. The zero-order valence-corrected chi connectivity index (χ0v) is 23.4. The summed E-state index contributed by atoms with van der Waals surface area (Å²) < 4.78 is 22.6. The van der Waals surface area contributed by atoms with E-state index in [-0.39, 0.29) is 43.4 Å². The molecule has 2 N–H and O–H groups in total. The fraction of sp³-hybridized carbons (Fsp3) is 0.500. The van der Waals surface area contributed by atoms with Crippen LogP contribution in [0, 0.1) is 11.3 Å². The summed E-state index contributed by atoms with van der Waals surface area (Å²) in [5.74, 6) is -0.0169. The molecular formula is C26H34N7O5P. The van der Waals surface area contributed by atoms with Gasteiger partial charge >= 0.3 is 0 Å². The van der Waals surface area contributed by atoms with Crippen LogP contribution in [0.2, 0.25) is 0 Å². The number of aliphatic hydroxyl groups is 1. The van der Waals surface area contributed by atoms with Gasteiger partial charge in [0, 0.05) is 24.1 Å². The molecule has 4 rings (SSSR count). The number of aliphatic hydroxyl groups excluding tert-OH is 1. The Bertz CT molecular complexity index is 1270. The summed E-state index contributed by atoms with van der Waals surface area (Å²) in [7, 11) is -1.51. The van der Waals surface area contributed by atoms with Gasteiger partial charge in [0.05, 0.1) is 38.1 Å². The normalized spacial score (nSPS) is 20.1. The van der Waals surface area contributed by atoms with E-state index in [0.717, 1.165) is 0 Å². The average Bonchev–Trinajstić information content (AvgIpc) is 3.53. The van der Waals surface area contributed by atoms with Crippen LogP contribution < -0.4 is 5.32 Å². The minimum absolute atomic E-state index is 0.141. The second kappa shape index (κ2) is 13.3. The molecule has 1 aliphatic rings. The highest BCUT2D eigenvalue weighted by Crippen LogP contribution is 2.50. The summed E-state index contributed by atoms with van der Waals surface area (Å²) in [4.78, 5) is 25.7. The minimum atomic E-state index is -1.51. The predicted molar refractivity (Wildman–Crippen MR) is 145 cm³/mol. The summed E-state index contributed by atoms with van der Waals surface area (Å²) in [5.41, 5.74) is 1.40. The monoisotopic (exact) mass is 555 g/mol. The second-order valence-electron chi connectivity index (χ2n) is 9.60. The third-order valence-corrected chi connectivity index (χ3v) is 8.34. The van der Waals surface area contributed by atoms with Crippen LogP contribution in [0.15, 0.2) is 43.0 Å². The lowest BCUT2D eigenvalue weighted by atomic mass is 10.2. The Labute approximate surface area is 228 Å². The molecule has 1 aliphatic heterocycles. The Balaban J connectivity index is 1.54. The molecule has 0 bridgehead atoms. The third kappa shape index (κ3) is 6.76. The van der Waals surface area contributed by atoms with Crippen LogP contribution in [0.1, 0.15) is 57.1 Å². The van der Waals surface area contributed by atoms with Crippen molar-refractivity contribution in [2.75, 3.05) is 18.5 Å². The number of carbonyl (C=O) groups is 1. The van der Waals surface area contributed by atoms with Crippen molar-refractivity contribution in [3.05, 3.63) is 48.5 Å². The molecule has 0 aliphatic carbocycles. The lowest BCUT2D eigenvalue weighted by molar-refractivity contribution is -0.0411. The van der Waals surface area contributed by atoms with Crippen LogP contribution >= 0.6 is 8.53 Å². The third-order valence-electron chi connectivity index (χ3n) is 6.19. The number of anilines is 1. The van der Waals surface area contributed by atoms with E-state index in [4.69, 9.17) is 19.0 Å². The molecule has 1 aromatic carbocycles. The van der Waals surface area contributed by atoms with Crippen LogP contribution in [0.5, 0.6) is 0 Å². The predicted octanol–water partition coefficient (Wildman–Crippen LogP) is 4.02. The molecule has 39 heavy (non-hydrogen) atoms. The summed E-state index contributed by atoms with van der Waals surface area (Å²) in [5, 5.41) is 21.9. The van der Waals surface area contributed by atoms with Gasteiger partial charge in [0.2, 0.25) is 0 Å². The van der Waals surface area contributed by atoms with Gasteiger partial charge in [-0.05, 0) is 39.8 Å². The number of carbonyl (C=O) groups excluding carboxylic acids is 1. The maximum atomic E-state index is 12.7. The van der Waals surface area contributed by atoms with Gasteiger partial charge in [0.15, 0.2) is 17.0 Å². The number of amides is 1. The minimum Gasteiger partial charge on any atom is -0.394 e. The van der Waals surface area contributed by atoms with E-state index in [2.05, 4.69) is 58.7 Å². The fourth-order valence-corrected chi connectivity index (χ4v) is 6.24. The van der Waals surface area contributed by atoms with E-state index in [9.17, 15) is 9.90 Å². The molecule has 1 saturated heterocycles. The molecule has 0 radical (unpaired) electrons. The molecule has 12 nitrogen and oxygen atoms in total. The van der Waals surface area contributed by atoms with Crippen molar-refractivity contribution in [2.24, 2.45) is 0 Å². The van der Waals surface area contributed by atoms with E-state index in [0.29, 0.717) is 23.1 Å². The van der Waals surface area contributed by atoms with Crippen LogP contribution in [-0.4, -0.2) is 72.7 Å². The van der Waals surface area contributed by atoms with E-state index in [1.807, 2.05) is 6.07 Å². The molecule has 2 aromatic heterocycles. The number of nitrogens with one attached hydrogen (secondary N) is 1. The summed E-state index contributed by atoms with van der Waals surface area (Å²) >= 11 is 0. The first-order valence-electron chi connectivity index (χ1n) is 12.9. The number of imidazole rings is 1. The molecule has 3 aromatic rings. The van der Waals surface area contributed by atoms with Gasteiger partial charge in [-0.1, -0.05) is 18.2 Å². The molecule has 0 spiro atoms. The summed E-state index contributed by atoms with van der Waals surface area (Å²) in [6, 6.07) is 11.2. The van der Waals surface area contributed by atoms with Crippen molar-refractivity contribution < 1.29 is 23.7 Å². The fourth-order valence-electron chi connectivity index (χ4n) is 4.48. The van der Waals surface area contributed by atoms with Crippen molar-refractivity contribution in [3.8, 4) is 6.07 Å². The van der Waals surface area contributed by atoms with Gasteiger partial charge in [-0.25, -0.2) is 19.6 Å². The Kier molecular flexibility index (Phi) is 9.91. The molecule has 1 amide bonds. The number of hydrogen-bond acceptors (Lipinski definition) is 10. The first-order chi connectivity index (χ1) is 18.8. The molecule has 3 heterocycles. The largest absolute Gasteiger partial charge is 0.394 e. The van der Waals surface area contributed by atoms with Crippen LogP contribution in [0.4, 0.5) is 5.82 Å². The zero-order valence-electron chi connectivity index (χ0n) is 22.5. The molecule has 13 heteroatoms. The molecule has 1 unspecified atom stereocenters. The van der Waals surface area contributed by atoms with Crippen molar-refractivity contribution in [1.29, 1.82) is 5.26 Å². The van der Waals surface area contributed by atoms with Crippen LogP contribution in [0.25, 0.3) is 11.2 Å². The molecule has 4 atom stereocenters. The zero-order chi connectivity index (χ0) is 27.9. The topological polar surface area (TPSA) is 148 Å². The smallest absolute Gasteiger partial charge is 0.259 e. The molecular weight excluding hydrogens is 521 g/mol. The molecule has 208 valence electrons. The summed E-state index contributed by atoms with van der Waals surface area (Å²) in [6.45, 7) is 8.26. The van der Waals surface area contributed by atoms with E-state index in [1.54, 1.807) is 35.2 Å². The van der Waals surface area contributed by atoms with Crippen molar-refractivity contribution in [1.82, 2.24) is 24.2 Å². The number of aromatic nitrogens is 4. The lowest BCUT2D eigenvalue weighted by Crippen LogP contribution is -2.36. The molecule has 0 saturated carbocycles. The number of nitriles is 1. The number of fused-ring (bicyclic) bond motifs is 1. The number of hydrogen-bond donors (Lipinski definition) is 2. The van der Waals surface area contributed by atoms with E-state index in [1.165, 1.54) is 6.33 Å². The van der Waals surface area contributed by atoms with Gasteiger partial charge in [0.1, 0.15) is 18.7 Å². The van der Waals surface area contributed by atoms with Crippen molar-refractivity contribution in [3.63, 3.8) is 0 Å². The molecule has 1 fully saturated rings. The van der Waals surface area contributed by atoms with Gasteiger partial charge in [0.25, 0.3) is 14.4 Å². The Morgan fingerprint density at radius 1 is 1.26 bits per heavy atom. The van der Waals surface area contributed by atoms with Crippen molar-refractivity contribution >= 4 is 31.4 Å². The van der Waals surface area contributed by atoms with E-state index < -0.39 is 27.0 Å². The van der Waals surface area contributed by atoms with Gasteiger partial charge < -0.3 is 24.2 Å². The van der Waals surface area contributed by atoms with Crippen LogP contribution in [-0.2, 0) is 13.8 Å². The Hall–Kier alpha value is -3.04. The van der Waals surface area contributed by atoms with E-state index >= 15 is 0 Å². The lowest BCUT2D eigenvalue weighted by Gasteiger charge is -2.37. The van der Waals surface area contributed by atoms with Gasteiger partial charge in [-0.2, -0.15) is 5.26 Å². The quantitative estimate of drug-likeness (QED) is 0.248. The first-order valence-corrected chi connectivity index (χ1v) is 14.0. The van der Waals surface area contributed by atoms with Crippen molar-refractivity contribution in [2.45, 2.75) is 71.1 Å². The van der Waals surface area contributed by atoms with Gasteiger partial charge in [-0.3, -0.25) is 9.36 Å². The Morgan fingerprint density at radius 3 is 2.67 bits per heavy atom.